The number of carboxylic acid groups (broad SMARTS) is 1. The Kier molecular flexibility index (Phi) is 2.07. The number of pyridine rings is 1. The van der Waals surface area contributed by atoms with Gasteiger partial charge < -0.3 is 15.4 Å². The van der Waals surface area contributed by atoms with Gasteiger partial charge in [-0.1, -0.05) is 0 Å². The summed E-state index contributed by atoms with van der Waals surface area (Å²) < 4.78 is 1.97. The van der Waals surface area contributed by atoms with E-state index in [9.17, 15) is 9.90 Å². The Hall–Kier alpha value is -2.04. The maximum absolute atomic E-state index is 11.2. The highest BCUT2D eigenvalue weighted by molar-refractivity contribution is 6.03. The minimum absolute atomic E-state index is 0.284. The molecule has 1 aliphatic rings. The molecule has 0 bridgehead atoms. The van der Waals surface area contributed by atoms with Crippen molar-refractivity contribution in [2.24, 2.45) is 0 Å². The van der Waals surface area contributed by atoms with E-state index in [1.54, 1.807) is 18.5 Å². The zero-order valence-corrected chi connectivity index (χ0v) is 9.26. The third kappa shape index (κ3) is 1.46. The second-order valence-corrected chi connectivity index (χ2v) is 4.48. The average Bonchev–Trinajstić information content (AvgIpc) is 2.54. The normalized spacial score (nSPS) is 16.0. The third-order valence-corrected chi connectivity index (χ3v) is 3.39. The zero-order valence-electron chi connectivity index (χ0n) is 9.26. The van der Waals surface area contributed by atoms with Crippen LogP contribution in [-0.2, 0) is 0 Å². The van der Waals surface area contributed by atoms with Crippen LogP contribution in [0.4, 0.5) is 5.69 Å². The molecular weight excluding hydrogens is 218 g/mol. The summed E-state index contributed by atoms with van der Waals surface area (Å²) in [5.41, 5.74) is 7.16. The Balaban J connectivity index is 2.26. The number of anilines is 1. The molecule has 88 valence electrons. The molecule has 2 aromatic heterocycles. The molecule has 0 amide bonds. The average molecular weight is 231 g/mol. The summed E-state index contributed by atoms with van der Waals surface area (Å²) in [7, 11) is 0. The first-order valence-electron chi connectivity index (χ1n) is 5.66. The first-order chi connectivity index (χ1) is 8.16. The number of nitrogens with two attached hydrogens (primary N) is 1. The summed E-state index contributed by atoms with van der Waals surface area (Å²) in [4.78, 5) is 15.4. The van der Waals surface area contributed by atoms with Gasteiger partial charge in [-0.25, -0.2) is 9.78 Å². The summed E-state index contributed by atoms with van der Waals surface area (Å²) >= 11 is 0. The number of fused-ring (bicyclic) bond motifs is 1. The van der Waals surface area contributed by atoms with Crippen LogP contribution in [0.2, 0.25) is 0 Å². The van der Waals surface area contributed by atoms with Crippen LogP contribution in [0, 0.1) is 0 Å². The van der Waals surface area contributed by atoms with Gasteiger partial charge in [-0.05, 0) is 25.3 Å². The molecule has 17 heavy (non-hydrogen) atoms. The fourth-order valence-corrected chi connectivity index (χ4v) is 2.26. The molecule has 0 atom stereocenters. The molecule has 5 nitrogen and oxygen atoms in total. The van der Waals surface area contributed by atoms with Crippen molar-refractivity contribution < 1.29 is 9.90 Å². The van der Waals surface area contributed by atoms with Crippen LogP contribution in [0.1, 0.15) is 35.7 Å². The minimum atomic E-state index is -0.930. The first-order valence-corrected chi connectivity index (χ1v) is 5.66. The van der Waals surface area contributed by atoms with E-state index >= 15 is 0 Å². The van der Waals surface area contributed by atoms with Crippen molar-refractivity contribution >= 4 is 22.7 Å². The van der Waals surface area contributed by atoms with Gasteiger partial charge in [0.2, 0.25) is 0 Å². The van der Waals surface area contributed by atoms with Gasteiger partial charge in [0.15, 0.2) is 0 Å². The number of carbonyl (C=O) groups is 1. The largest absolute Gasteiger partial charge is 0.478 e. The van der Waals surface area contributed by atoms with E-state index in [1.807, 2.05) is 4.57 Å². The van der Waals surface area contributed by atoms with Crippen molar-refractivity contribution in [3.63, 3.8) is 0 Å². The number of carboxylic acids is 1. The fourth-order valence-electron chi connectivity index (χ4n) is 2.26. The molecule has 5 heteroatoms. The fraction of sp³-hybridized carbons (Fsp3) is 0.333. The lowest BCUT2D eigenvalue weighted by Gasteiger charge is -2.27. The predicted octanol–water partition coefficient (Wildman–Crippen LogP) is 2.04. The monoisotopic (exact) mass is 231 g/mol. The van der Waals surface area contributed by atoms with Gasteiger partial charge in [0.1, 0.15) is 5.65 Å². The first kappa shape index (κ1) is 10.1. The van der Waals surface area contributed by atoms with E-state index in [1.165, 1.54) is 6.42 Å². The van der Waals surface area contributed by atoms with Crippen molar-refractivity contribution in [2.45, 2.75) is 25.3 Å². The number of nitrogen functional groups attached to an aromatic ring is 1. The molecule has 0 saturated heterocycles. The van der Waals surface area contributed by atoms with Crippen molar-refractivity contribution in [3.05, 3.63) is 24.0 Å². The molecule has 3 rings (SSSR count). The van der Waals surface area contributed by atoms with E-state index in [2.05, 4.69) is 4.98 Å². The van der Waals surface area contributed by atoms with Gasteiger partial charge in [-0.3, -0.25) is 0 Å². The molecular formula is C12H13N3O2. The number of aromatic carboxylic acids is 1. The number of hydrogen-bond donors (Lipinski definition) is 2. The smallest absolute Gasteiger partial charge is 0.337 e. The molecule has 0 radical (unpaired) electrons. The number of aromatic nitrogens is 2. The summed E-state index contributed by atoms with van der Waals surface area (Å²) in [6.07, 6.45) is 6.64. The second-order valence-electron chi connectivity index (χ2n) is 4.48. The number of rotatable bonds is 2. The molecule has 0 aliphatic heterocycles. The molecule has 1 fully saturated rings. The maximum atomic E-state index is 11.2. The summed E-state index contributed by atoms with van der Waals surface area (Å²) in [5.74, 6) is -0.930. The summed E-state index contributed by atoms with van der Waals surface area (Å²) in [5, 5.41) is 9.81. The Bertz CT molecular complexity index is 599. The lowest BCUT2D eigenvalue weighted by Crippen LogP contribution is -2.16. The highest BCUT2D eigenvalue weighted by atomic mass is 16.4. The van der Waals surface area contributed by atoms with E-state index in [0.717, 1.165) is 18.5 Å². The zero-order chi connectivity index (χ0) is 12.0. The van der Waals surface area contributed by atoms with Crippen LogP contribution in [0.5, 0.6) is 0 Å². The lowest BCUT2D eigenvalue weighted by molar-refractivity contribution is 0.0698. The standard InChI is InChI=1S/C12H13N3O2/c13-7-4-9-10(12(16)17)6-15(8-2-1-3-8)11(9)14-5-7/h4-6,8H,1-3,13H2,(H,16,17). The van der Waals surface area contributed by atoms with Crippen LogP contribution in [-0.4, -0.2) is 20.6 Å². The predicted molar refractivity (Wildman–Crippen MR) is 64.0 cm³/mol. The van der Waals surface area contributed by atoms with Crippen LogP contribution in [0.15, 0.2) is 18.5 Å². The number of nitrogens with zero attached hydrogens (tertiary/aromatic N) is 2. The van der Waals surface area contributed by atoms with E-state index in [0.29, 0.717) is 17.1 Å². The highest BCUT2D eigenvalue weighted by Crippen LogP contribution is 2.35. The van der Waals surface area contributed by atoms with Crippen LogP contribution in [0.3, 0.4) is 0 Å². The molecule has 2 heterocycles. The van der Waals surface area contributed by atoms with Crippen molar-refractivity contribution in [3.8, 4) is 0 Å². The van der Waals surface area contributed by atoms with Crippen molar-refractivity contribution in [2.75, 3.05) is 5.73 Å². The van der Waals surface area contributed by atoms with Gasteiger partial charge in [0, 0.05) is 17.6 Å². The summed E-state index contributed by atoms with van der Waals surface area (Å²) in [6, 6.07) is 2.07. The number of hydrogen-bond acceptors (Lipinski definition) is 3. The van der Waals surface area contributed by atoms with Crippen LogP contribution >= 0.6 is 0 Å². The Morgan fingerprint density at radius 2 is 2.29 bits per heavy atom. The second kappa shape index (κ2) is 3.48. The molecule has 2 aromatic rings. The third-order valence-electron chi connectivity index (χ3n) is 3.39. The Labute approximate surface area is 97.9 Å². The topological polar surface area (TPSA) is 81.1 Å². The summed E-state index contributed by atoms with van der Waals surface area (Å²) in [6.45, 7) is 0. The Morgan fingerprint density at radius 1 is 1.53 bits per heavy atom. The molecule has 1 aliphatic carbocycles. The molecule has 1 saturated carbocycles. The quantitative estimate of drug-likeness (QED) is 0.828. The van der Waals surface area contributed by atoms with E-state index in [4.69, 9.17) is 5.73 Å². The van der Waals surface area contributed by atoms with Crippen LogP contribution in [0.25, 0.3) is 11.0 Å². The lowest BCUT2D eigenvalue weighted by atomic mass is 9.93. The molecule has 0 spiro atoms. The van der Waals surface area contributed by atoms with Crippen LogP contribution < -0.4 is 5.73 Å². The van der Waals surface area contributed by atoms with Gasteiger partial charge >= 0.3 is 5.97 Å². The van der Waals surface area contributed by atoms with E-state index < -0.39 is 5.97 Å². The molecule has 0 aromatic carbocycles. The van der Waals surface area contributed by atoms with Gasteiger partial charge in [-0.2, -0.15) is 0 Å². The molecule has 0 unspecified atom stereocenters. The Morgan fingerprint density at radius 3 is 2.88 bits per heavy atom. The van der Waals surface area contributed by atoms with E-state index in [-0.39, 0.29) is 5.56 Å². The maximum Gasteiger partial charge on any atom is 0.337 e. The molecule has 3 N–H and O–H groups in total. The highest BCUT2D eigenvalue weighted by Gasteiger charge is 2.24. The minimum Gasteiger partial charge on any atom is -0.478 e. The van der Waals surface area contributed by atoms with Crippen molar-refractivity contribution in [1.29, 1.82) is 0 Å². The SMILES string of the molecule is Nc1cnc2c(c1)c(C(=O)O)cn2C1CCC1. The van der Waals surface area contributed by atoms with Gasteiger partial charge in [0.25, 0.3) is 0 Å². The van der Waals surface area contributed by atoms with Gasteiger partial charge in [-0.15, -0.1) is 0 Å². The van der Waals surface area contributed by atoms with Gasteiger partial charge in [0.05, 0.1) is 17.4 Å². The van der Waals surface area contributed by atoms with Crippen molar-refractivity contribution in [1.82, 2.24) is 9.55 Å².